The molecule has 1 atom stereocenters. The Hall–Kier alpha value is 0.600. The van der Waals surface area contributed by atoms with Crippen LogP contribution >= 0.6 is 20.6 Å². The second-order valence-electron chi connectivity index (χ2n) is 0.858. The van der Waals surface area contributed by atoms with E-state index in [1.54, 1.807) is 0 Å². The SMILES string of the molecule is NS(=O)SSC(F)(F)F. The van der Waals surface area contributed by atoms with Gasteiger partial charge in [0.05, 0.1) is 0 Å². The predicted octanol–water partition coefficient (Wildman–Crippen LogP) is 1.43. The molecule has 9 heavy (non-hydrogen) atoms. The molecule has 2 N–H and O–H groups in total. The van der Waals surface area contributed by atoms with Gasteiger partial charge in [0.2, 0.25) is 0 Å². The minimum atomic E-state index is -4.36. The molecule has 2 nitrogen and oxygen atoms in total. The largest absolute Gasteiger partial charge is 0.452 e. The summed E-state index contributed by atoms with van der Waals surface area (Å²) in [5.74, 6) is 0. The van der Waals surface area contributed by atoms with Crippen LogP contribution in [0.1, 0.15) is 0 Å². The van der Waals surface area contributed by atoms with Crippen LogP contribution in [0, 0.1) is 0 Å². The van der Waals surface area contributed by atoms with Gasteiger partial charge in [0.25, 0.3) is 0 Å². The molecule has 8 heteroatoms. The average molecular weight is 197 g/mol. The molecule has 0 radical (unpaired) electrons. The molecule has 0 aromatic rings. The topological polar surface area (TPSA) is 43.1 Å². The first-order valence-electron chi connectivity index (χ1n) is 1.51. The Balaban J connectivity index is 3.39. The van der Waals surface area contributed by atoms with Crippen molar-refractivity contribution in [3.63, 3.8) is 0 Å². The van der Waals surface area contributed by atoms with Gasteiger partial charge >= 0.3 is 5.51 Å². The first kappa shape index (κ1) is 9.60. The molecule has 0 rings (SSSR count). The van der Waals surface area contributed by atoms with Crippen LogP contribution in [-0.2, 0) is 10.0 Å². The first-order chi connectivity index (χ1) is 3.92. The first-order valence-corrected chi connectivity index (χ1v) is 5.39. The number of hydrogen-bond acceptors (Lipinski definition) is 3. The van der Waals surface area contributed by atoms with Crippen molar-refractivity contribution in [1.82, 2.24) is 0 Å². The molecule has 1 unspecified atom stereocenters. The molecule has 0 aromatic carbocycles. The van der Waals surface area contributed by atoms with Crippen molar-refractivity contribution in [2.45, 2.75) is 5.51 Å². The predicted molar refractivity (Wildman–Crippen MR) is 33.6 cm³/mol. The summed E-state index contributed by atoms with van der Waals surface area (Å²) in [5.41, 5.74) is -4.36. The van der Waals surface area contributed by atoms with Crippen LogP contribution in [0.4, 0.5) is 13.2 Å². The van der Waals surface area contributed by atoms with Crippen molar-refractivity contribution in [3.05, 3.63) is 0 Å². The third kappa shape index (κ3) is 8.60. The summed E-state index contributed by atoms with van der Waals surface area (Å²) >= 11 is 0. The standard InChI is InChI=1S/CH2F3NOS3/c2-1(3,4)7-8-9(5)6/h5H2. The van der Waals surface area contributed by atoms with Crippen LogP contribution in [0.15, 0.2) is 0 Å². The smallest absolute Gasteiger partial charge is 0.242 e. The van der Waals surface area contributed by atoms with Gasteiger partial charge in [0.15, 0.2) is 10.0 Å². The van der Waals surface area contributed by atoms with Gasteiger partial charge in [-0.1, -0.05) is 0 Å². The normalized spacial score (nSPS) is 15.6. The van der Waals surface area contributed by atoms with Crippen molar-refractivity contribution in [1.29, 1.82) is 0 Å². The maximum Gasteiger partial charge on any atom is 0.452 e. The van der Waals surface area contributed by atoms with E-state index in [-0.39, 0.29) is 9.83 Å². The van der Waals surface area contributed by atoms with E-state index in [4.69, 9.17) is 0 Å². The van der Waals surface area contributed by atoms with Gasteiger partial charge in [-0.25, -0.2) is 9.35 Å². The Morgan fingerprint density at radius 2 is 1.89 bits per heavy atom. The molecule has 0 fully saturated rings. The lowest BCUT2D eigenvalue weighted by Crippen LogP contribution is -2.00. The molecular formula is CH2F3NOS3. The van der Waals surface area contributed by atoms with Crippen LogP contribution in [0.2, 0.25) is 0 Å². The molecule has 0 saturated carbocycles. The Morgan fingerprint density at radius 3 is 2.00 bits per heavy atom. The zero-order valence-corrected chi connectivity index (χ0v) is 6.29. The quantitative estimate of drug-likeness (QED) is 0.681. The zero-order valence-electron chi connectivity index (χ0n) is 3.84. The van der Waals surface area contributed by atoms with Gasteiger partial charge in [-0.2, -0.15) is 13.2 Å². The van der Waals surface area contributed by atoms with E-state index in [2.05, 4.69) is 5.14 Å². The molecule has 0 bridgehead atoms. The second kappa shape index (κ2) is 3.69. The lowest BCUT2D eigenvalue weighted by molar-refractivity contribution is -0.0311. The van der Waals surface area contributed by atoms with Crippen molar-refractivity contribution >= 4 is 30.6 Å². The fourth-order valence-corrected chi connectivity index (χ4v) is 1.95. The molecule has 0 heterocycles. The Labute approximate surface area is 59.1 Å². The molecule has 0 amide bonds. The maximum atomic E-state index is 11.2. The highest BCUT2D eigenvalue weighted by atomic mass is 33.5. The van der Waals surface area contributed by atoms with E-state index >= 15 is 0 Å². The van der Waals surface area contributed by atoms with E-state index in [1.807, 2.05) is 0 Å². The highest BCUT2D eigenvalue weighted by Gasteiger charge is 2.29. The third-order valence-corrected chi connectivity index (χ3v) is 3.58. The summed E-state index contributed by atoms with van der Waals surface area (Å²) < 4.78 is 43.3. The monoisotopic (exact) mass is 197 g/mol. The Kier molecular flexibility index (Phi) is 3.94. The number of nitrogens with two attached hydrogens (primary N) is 1. The van der Waals surface area contributed by atoms with Gasteiger partial charge < -0.3 is 0 Å². The van der Waals surface area contributed by atoms with Crippen molar-refractivity contribution in [2.75, 3.05) is 0 Å². The number of halogens is 3. The number of alkyl halides is 3. The molecule has 0 aliphatic heterocycles. The van der Waals surface area contributed by atoms with E-state index < -0.39 is 26.3 Å². The van der Waals surface area contributed by atoms with Gasteiger partial charge in [-0.15, -0.1) is 0 Å². The summed E-state index contributed by atoms with van der Waals surface area (Å²) in [7, 11) is -2.34. The zero-order chi connectivity index (χ0) is 7.49. The minimum Gasteiger partial charge on any atom is -0.242 e. The highest BCUT2D eigenvalue weighted by Crippen LogP contribution is 2.40. The molecule has 0 aliphatic rings. The fraction of sp³-hybridized carbons (Fsp3) is 1.00. The fourth-order valence-electron chi connectivity index (χ4n) is 0.0721. The molecule has 56 valence electrons. The van der Waals surface area contributed by atoms with Gasteiger partial charge in [0, 0.05) is 20.6 Å². The molecular weight excluding hydrogens is 195 g/mol. The number of hydrogen-bond donors (Lipinski definition) is 1. The van der Waals surface area contributed by atoms with Crippen LogP contribution in [0.3, 0.4) is 0 Å². The van der Waals surface area contributed by atoms with Gasteiger partial charge in [-0.3, -0.25) is 0 Å². The molecule has 0 saturated heterocycles. The van der Waals surface area contributed by atoms with Crippen molar-refractivity contribution in [2.24, 2.45) is 5.14 Å². The van der Waals surface area contributed by atoms with Crippen molar-refractivity contribution < 1.29 is 17.4 Å². The molecule has 0 spiro atoms. The maximum absolute atomic E-state index is 11.2. The average Bonchev–Trinajstić information content (AvgIpc) is 1.59. The lowest BCUT2D eigenvalue weighted by Gasteiger charge is -1.99. The van der Waals surface area contributed by atoms with E-state index in [9.17, 15) is 17.4 Å². The third-order valence-electron chi connectivity index (χ3n) is 0.196. The summed E-state index contributed by atoms with van der Waals surface area (Å²) in [4.78, 5) is 0. The highest BCUT2D eigenvalue weighted by molar-refractivity contribution is 9.05. The van der Waals surface area contributed by atoms with Crippen LogP contribution in [0.25, 0.3) is 0 Å². The Bertz CT molecular complexity index is 112. The van der Waals surface area contributed by atoms with E-state index in [0.29, 0.717) is 0 Å². The van der Waals surface area contributed by atoms with E-state index in [1.165, 1.54) is 0 Å². The van der Waals surface area contributed by atoms with Crippen LogP contribution < -0.4 is 5.14 Å². The summed E-state index contributed by atoms with van der Waals surface area (Å²) in [6.07, 6.45) is 0. The second-order valence-corrected chi connectivity index (χ2v) is 5.26. The molecule has 0 aliphatic carbocycles. The summed E-state index contributed by atoms with van der Waals surface area (Å²) in [6.45, 7) is 0. The summed E-state index contributed by atoms with van der Waals surface area (Å²) in [6, 6.07) is 0. The lowest BCUT2D eigenvalue weighted by atomic mass is 11.6. The van der Waals surface area contributed by atoms with Crippen LogP contribution in [0.5, 0.6) is 0 Å². The summed E-state index contributed by atoms with van der Waals surface area (Å²) in [5, 5.41) is 4.51. The van der Waals surface area contributed by atoms with Crippen molar-refractivity contribution in [3.8, 4) is 0 Å². The van der Waals surface area contributed by atoms with Gasteiger partial charge in [0.1, 0.15) is 0 Å². The van der Waals surface area contributed by atoms with Gasteiger partial charge in [-0.05, 0) is 0 Å². The minimum absolute atomic E-state index is 0.0799. The van der Waals surface area contributed by atoms with Crippen LogP contribution in [-0.4, -0.2) is 9.72 Å². The Morgan fingerprint density at radius 1 is 1.44 bits per heavy atom. The van der Waals surface area contributed by atoms with E-state index in [0.717, 1.165) is 0 Å². The molecule has 0 aromatic heterocycles. The number of rotatable bonds is 2.